The molecule has 190 valence electrons. The first-order valence-corrected chi connectivity index (χ1v) is 11.7. The number of hydrogen-bond acceptors (Lipinski definition) is 3. The fourth-order valence-corrected chi connectivity index (χ4v) is 3.70. The second kappa shape index (κ2) is 14.4. The number of halogens is 1. The number of benzene rings is 3. The van der Waals surface area contributed by atoms with Gasteiger partial charge in [0.25, 0.3) is 0 Å². The van der Waals surface area contributed by atoms with Gasteiger partial charge in [0.1, 0.15) is 5.67 Å². The minimum atomic E-state index is -1.42. The summed E-state index contributed by atoms with van der Waals surface area (Å²) in [6.07, 6.45) is 1.81. The van der Waals surface area contributed by atoms with Gasteiger partial charge in [0.15, 0.2) is 0 Å². The number of alkyl halides is 1. The van der Waals surface area contributed by atoms with Crippen molar-refractivity contribution in [2.45, 2.75) is 33.0 Å². The Kier molecular flexibility index (Phi) is 12.1. The number of aryl methyl sites for hydroxylation is 1. The zero-order valence-corrected chi connectivity index (χ0v) is 22.0. The molecule has 3 N–H and O–H groups in total. The molecule has 0 fully saturated rings. The van der Waals surface area contributed by atoms with Crippen LogP contribution >= 0.6 is 0 Å². The first kappa shape index (κ1) is 30.1. The second-order valence-corrected chi connectivity index (χ2v) is 8.09. The normalized spacial score (nSPS) is 10.1. The van der Waals surface area contributed by atoms with Crippen LogP contribution in [0.3, 0.4) is 0 Å². The van der Waals surface area contributed by atoms with E-state index < -0.39 is 5.67 Å². The van der Waals surface area contributed by atoms with Gasteiger partial charge in [-0.2, -0.15) is 0 Å². The Balaban J connectivity index is 0.00000101. The SMILES string of the molecule is C=C.C=C.C=Cc1ccc2c(c1)nc(Nc1ccc(C)cc1)n2Cc1ccccc1C(C)(C)F.CN. The fraction of sp³-hybridized carbons (Fsp3) is 0.194. The lowest BCUT2D eigenvalue weighted by Gasteiger charge is -2.20. The van der Waals surface area contributed by atoms with Gasteiger partial charge in [-0.3, -0.25) is 0 Å². The number of imidazole rings is 1. The number of hydrogen-bond donors (Lipinski definition) is 2. The molecule has 0 spiro atoms. The molecule has 0 aliphatic heterocycles. The zero-order valence-electron chi connectivity index (χ0n) is 22.0. The molecule has 0 aliphatic rings. The maximum Gasteiger partial charge on any atom is 0.208 e. The Morgan fingerprint density at radius 3 is 2.17 bits per heavy atom. The molecule has 4 aromatic rings. The second-order valence-electron chi connectivity index (χ2n) is 8.09. The number of aromatic nitrogens is 2. The van der Waals surface area contributed by atoms with E-state index >= 15 is 0 Å². The molecule has 0 unspecified atom stereocenters. The van der Waals surface area contributed by atoms with Crippen LogP contribution in [-0.4, -0.2) is 16.6 Å². The predicted octanol–water partition coefficient (Wildman–Crippen LogP) is 8.16. The summed E-state index contributed by atoms with van der Waals surface area (Å²) in [5.74, 6) is 0.724. The smallest absolute Gasteiger partial charge is 0.208 e. The Morgan fingerprint density at radius 2 is 1.58 bits per heavy atom. The third-order valence-corrected chi connectivity index (χ3v) is 5.30. The zero-order chi connectivity index (χ0) is 27.3. The highest BCUT2D eigenvalue weighted by Gasteiger charge is 2.23. The van der Waals surface area contributed by atoms with Gasteiger partial charge in [-0.25, -0.2) is 9.37 Å². The van der Waals surface area contributed by atoms with Crippen LogP contribution in [0.5, 0.6) is 0 Å². The van der Waals surface area contributed by atoms with E-state index in [0.29, 0.717) is 12.1 Å². The molecule has 0 saturated heterocycles. The summed E-state index contributed by atoms with van der Waals surface area (Å²) in [7, 11) is 1.50. The van der Waals surface area contributed by atoms with Crippen molar-refractivity contribution in [3.05, 3.63) is 122 Å². The molecule has 5 heteroatoms. The van der Waals surface area contributed by atoms with Crippen LogP contribution in [0.15, 0.2) is 99.6 Å². The predicted molar refractivity (Wildman–Crippen MR) is 157 cm³/mol. The summed E-state index contributed by atoms with van der Waals surface area (Å²) in [5.41, 5.74) is 9.73. The molecule has 4 nitrogen and oxygen atoms in total. The van der Waals surface area contributed by atoms with Crippen molar-refractivity contribution in [1.29, 1.82) is 0 Å². The van der Waals surface area contributed by atoms with E-state index in [2.05, 4.69) is 67.6 Å². The van der Waals surface area contributed by atoms with Crippen LogP contribution in [0.2, 0.25) is 0 Å². The highest BCUT2D eigenvalue weighted by Crippen LogP contribution is 2.31. The number of nitrogens with one attached hydrogen (secondary N) is 1. The first-order chi connectivity index (χ1) is 17.3. The third-order valence-electron chi connectivity index (χ3n) is 5.30. The molecule has 0 atom stereocenters. The number of fused-ring (bicyclic) bond motifs is 1. The highest BCUT2D eigenvalue weighted by molar-refractivity contribution is 5.82. The third kappa shape index (κ3) is 7.52. The van der Waals surface area contributed by atoms with E-state index in [9.17, 15) is 4.39 Å². The number of rotatable bonds is 6. The number of anilines is 2. The van der Waals surface area contributed by atoms with E-state index in [1.54, 1.807) is 13.8 Å². The van der Waals surface area contributed by atoms with Crippen molar-refractivity contribution in [3.63, 3.8) is 0 Å². The van der Waals surface area contributed by atoms with Crippen LogP contribution in [0.4, 0.5) is 16.0 Å². The van der Waals surface area contributed by atoms with Gasteiger partial charge in [-0.15, -0.1) is 26.3 Å². The molecule has 4 rings (SSSR count). The van der Waals surface area contributed by atoms with Crippen molar-refractivity contribution in [3.8, 4) is 0 Å². The monoisotopic (exact) mass is 486 g/mol. The van der Waals surface area contributed by atoms with Crippen molar-refractivity contribution in [2.24, 2.45) is 5.73 Å². The summed E-state index contributed by atoms with van der Waals surface area (Å²) in [6.45, 7) is 21.6. The van der Waals surface area contributed by atoms with Crippen LogP contribution in [0.25, 0.3) is 17.1 Å². The minimum absolute atomic E-state index is 0.516. The van der Waals surface area contributed by atoms with Crippen molar-refractivity contribution in [1.82, 2.24) is 9.55 Å². The van der Waals surface area contributed by atoms with Gasteiger partial charge in [-0.05, 0) is 68.8 Å². The molecule has 0 aliphatic carbocycles. The molecule has 1 heterocycles. The Morgan fingerprint density at radius 1 is 0.972 bits per heavy atom. The maximum atomic E-state index is 14.9. The summed E-state index contributed by atoms with van der Waals surface area (Å²) in [5, 5.41) is 3.44. The van der Waals surface area contributed by atoms with Gasteiger partial charge < -0.3 is 15.6 Å². The summed E-state index contributed by atoms with van der Waals surface area (Å²) in [6, 6.07) is 22.0. The first-order valence-electron chi connectivity index (χ1n) is 11.7. The molecule has 0 bridgehead atoms. The average molecular weight is 487 g/mol. The molecular formula is C31H39FN4. The minimum Gasteiger partial charge on any atom is -0.333 e. The van der Waals surface area contributed by atoms with Gasteiger partial charge in [-0.1, -0.05) is 60.7 Å². The number of nitrogens with zero attached hydrogens (tertiary/aromatic N) is 2. The fourth-order valence-electron chi connectivity index (χ4n) is 3.70. The Bertz CT molecular complexity index is 1230. The Labute approximate surface area is 215 Å². The van der Waals surface area contributed by atoms with Crippen molar-refractivity contribution >= 4 is 28.7 Å². The van der Waals surface area contributed by atoms with E-state index in [1.165, 1.54) is 12.6 Å². The van der Waals surface area contributed by atoms with Crippen LogP contribution in [-0.2, 0) is 12.2 Å². The van der Waals surface area contributed by atoms with Gasteiger partial charge in [0.2, 0.25) is 5.95 Å². The van der Waals surface area contributed by atoms with Crippen molar-refractivity contribution in [2.75, 3.05) is 12.4 Å². The lowest BCUT2D eigenvalue weighted by Crippen LogP contribution is -2.15. The lowest BCUT2D eigenvalue weighted by atomic mass is 9.94. The highest BCUT2D eigenvalue weighted by atomic mass is 19.1. The largest absolute Gasteiger partial charge is 0.333 e. The van der Waals surface area contributed by atoms with Crippen LogP contribution in [0.1, 0.15) is 36.1 Å². The Hall–Kier alpha value is -3.96. The van der Waals surface area contributed by atoms with Gasteiger partial charge in [0.05, 0.1) is 17.6 Å². The topological polar surface area (TPSA) is 55.9 Å². The quantitative estimate of drug-likeness (QED) is 0.270. The molecule has 36 heavy (non-hydrogen) atoms. The summed E-state index contributed by atoms with van der Waals surface area (Å²) >= 11 is 0. The van der Waals surface area contributed by atoms with Gasteiger partial charge >= 0.3 is 0 Å². The lowest BCUT2D eigenvalue weighted by molar-refractivity contribution is 0.219. The van der Waals surface area contributed by atoms with Crippen LogP contribution in [0, 0.1) is 6.92 Å². The molecule has 1 aromatic heterocycles. The van der Waals surface area contributed by atoms with Gasteiger partial charge in [0, 0.05) is 5.69 Å². The molecule has 0 amide bonds. The van der Waals surface area contributed by atoms with E-state index in [-0.39, 0.29) is 0 Å². The maximum absolute atomic E-state index is 14.9. The van der Waals surface area contributed by atoms with E-state index in [4.69, 9.17) is 4.98 Å². The van der Waals surface area contributed by atoms with E-state index in [0.717, 1.165) is 33.8 Å². The molecule has 0 radical (unpaired) electrons. The molecular weight excluding hydrogens is 447 g/mol. The van der Waals surface area contributed by atoms with Crippen LogP contribution < -0.4 is 11.1 Å². The van der Waals surface area contributed by atoms with Crippen molar-refractivity contribution < 1.29 is 4.39 Å². The summed E-state index contributed by atoms with van der Waals surface area (Å²) < 4.78 is 17.0. The molecule has 0 saturated carbocycles. The summed E-state index contributed by atoms with van der Waals surface area (Å²) in [4.78, 5) is 4.84. The number of nitrogens with two attached hydrogens (primary N) is 1. The average Bonchev–Trinajstić information content (AvgIpc) is 3.24. The van der Waals surface area contributed by atoms with E-state index in [1.807, 2.05) is 60.7 Å². The standard InChI is InChI=1S/C26H26FN3.2C2H4.CH5N/c1-5-19-12-15-24-23(16-19)29-25(28-21-13-10-18(2)11-14-21)30(24)17-20-8-6-7-9-22(20)26(3,4)27;3*1-2/h5-16H,1,17H2,2-4H3,(H,28,29);2*1-2H2;2H2,1H3. The molecule has 3 aromatic carbocycles.